The monoisotopic (exact) mass is 360 g/mol. The van der Waals surface area contributed by atoms with Gasteiger partial charge in [0.05, 0.1) is 12.6 Å². The molecule has 1 aromatic heterocycles. The number of amides is 1. The molecular weight excluding hydrogens is 335 g/mol. The molecule has 0 saturated carbocycles. The van der Waals surface area contributed by atoms with Crippen molar-refractivity contribution in [2.75, 3.05) is 19.6 Å². The molecule has 1 aliphatic heterocycles. The first-order valence-corrected chi connectivity index (χ1v) is 8.95. The smallest absolute Gasteiger partial charge is 0.274 e. The van der Waals surface area contributed by atoms with Crippen LogP contribution in [0, 0.1) is 11.7 Å². The molecule has 3 rings (SSSR count). The Bertz CT molecular complexity index is 757. The number of aliphatic hydroxyl groups is 1. The van der Waals surface area contributed by atoms with E-state index in [4.69, 9.17) is 0 Å². The molecule has 1 aromatic carbocycles. The Hall–Kier alpha value is -2.25. The van der Waals surface area contributed by atoms with E-state index in [1.807, 2.05) is 13.8 Å². The summed E-state index contributed by atoms with van der Waals surface area (Å²) in [5, 5.41) is 21.0. The number of nitrogens with one attached hydrogen (secondary N) is 2. The first-order chi connectivity index (χ1) is 12.5. The summed E-state index contributed by atoms with van der Waals surface area (Å²) in [6, 6.07) is 5.70. The molecule has 140 valence electrons. The van der Waals surface area contributed by atoms with Gasteiger partial charge in [0.2, 0.25) is 0 Å². The predicted octanol–water partition coefficient (Wildman–Crippen LogP) is 2.03. The number of halogens is 1. The average Bonchev–Trinajstić information content (AvgIpc) is 3.04. The zero-order chi connectivity index (χ0) is 18.7. The number of rotatable bonds is 6. The van der Waals surface area contributed by atoms with E-state index in [0.717, 1.165) is 24.2 Å². The molecule has 1 amide bonds. The summed E-state index contributed by atoms with van der Waals surface area (Å²) in [4.78, 5) is 14.7. The van der Waals surface area contributed by atoms with Crippen molar-refractivity contribution in [1.82, 2.24) is 20.4 Å². The average molecular weight is 360 g/mol. The summed E-state index contributed by atoms with van der Waals surface area (Å²) < 4.78 is 13.1. The SMILES string of the molecule is CC(C)CN(CC(O)c1ccc(F)cc1)C(=O)c1n[nH]c2c1CNCC2. The van der Waals surface area contributed by atoms with Crippen molar-refractivity contribution in [2.45, 2.75) is 32.9 Å². The third-order valence-electron chi connectivity index (χ3n) is 4.53. The van der Waals surface area contributed by atoms with Gasteiger partial charge in [-0.3, -0.25) is 9.89 Å². The van der Waals surface area contributed by atoms with Gasteiger partial charge in [-0.25, -0.2) is 4.39 Å². The summed E-state index contributed by atoms with van der Waals surface area (Å²) in [5.74, 6) is -0.306. The largest absolute Gasteiger partial charge is 0.387 e. The molecule has 0 bridgehead atoms. The lowest BCUT2D eigenvalue weighted by molar-refractivity contribution is 0.0588. The number of hydrogen-bond donors (Lipinski definition) is 3. The molecule has 0 saturated heterocycles. The van der Waals surface area contributed by atoms with Gasteiger partial charge >= 0.3 is 0 Å². The molecule has 26 heavy (non-hydrogen) atoms. The highest BCUT2D eigenvalue weighted by atomic mass is 19.1. The number of carbonyl (C=O) groups excluding carboxylic acids is 1. The van der Waals surface area contributed by atoms with Crippen LogP contribution >= 0.6 is 0 Å². The number of aromatic nitrogens is 2. The van der Waals surface area contributed by atoms with Crippen LogP contribution in [-0.4, -0.2) is 45.7 Å². The summed E-state index contributed by atoms with van der Waals surface area (Å²) in [7, 11) is 0. The molecule has 1 aliphatic rings. The fourth-order valence-corrected chi connectivity index (χ4v) is 3.23. The van der Waals surface area contributed by atoms with E-state index in [2.05, 4.69) is 15.5 Å². The standard InChI is InChI=1S/C19H25FN4O2/c1-12(2)10-24(11-17(25)13-3-5-14(20)6-4-13)19(26)18-15-9-21-8-7-16(15)22-23-18/h3-6,12,17,21,25H,7-11H2,1-2H3,(H,22,23). The van der Waals surface area contributed by atoms with Crippen molar-refractivity contribution in [3.8, 4) is 0 Å². The van der Waals surface area contributed by atoms with Crippen molar-refractivity contribution in [1.29, 1.82) is 0 Å². The van der Waals surface area contributed by atoms with Crippen LogP contribution in [-0.2, 0) is 13.0 Å². The number of carbonyl (C=O) groups is 1. The van der Waals surface area contributed by atoms with Crippen molar-refractivity contribution >= 4 is 5.91 Å². The second kappa shape index (κ2) is 7.97. The van der Waals surface area contributed by atoms with Crippen LogP contribution in [0.2, 0.25) is 0 Å². The zero-order valence-electron chi connectivity index (χ0n) is 15.1. The lowest BCUT2D eigenvalue weighted by Crippen LogP contribution is -2.38. The fraction of sp³-hybridized carbons (Fsp3) is 0.474. The van der Waals surface area contributed by atoms with Crippen molar-refractivity contribution in [2.24, 2.45) is 5.92 Å². The second-order valence-corrected chi connectivity index (χ2v) is 7.13. The molecule has 1 unspecified atom stereocenters. The number of benzene rings is 1. The molecule has 0 radical (unpaired) electrons. The maximum absolute atomic E-state index is 13.1. The Morgan fingerprint density at radius 2 is 2.04 bits per heavy atom. The molecule has 0 spiro atoms. The highest BCUT2D eigenvalue weighted by molar-refractivity contribution is 5.94. The van der Waals surface area contributed by atoms with E-state index in [-0.39, 0.29) is 24.2 Å². The summed E-state index contributed by atoms with van der Waals surface area (Å²) in [5.41, 5.74) is 2.90. The third-order valence-corrected chi connectivity index (χ3v) is 4.53. The molecule has 6 nitrogen and oxygen atoms in total. The van der Waals surface area contributed by atoms with Crippen molar-refractivity contribution in [3.05, 3.63) is 52.6 Å². The minimum absolute atomic E-state index is 0.137. The van der Waals surface area contributed by atoms with Crippen LogP contribution in [0.25, 0.3) is 0 Å². The Balaban J connectivity index is 1.80. The van der Waals surface area contributed by atoms with Gasteiger partial charge in [0.15, 0.2) is 5.69 Å². The molecule has 2 heterocycles. The fourth-order valence-electron chi connectivity index (χ4n) is 3.23. The summed E-state index contributed by atoms with van der Waals surface area (Å²) in [6.07, 6.45) is -0.0657. The van der Waals surface area contributed by atoms with E-state index in [1.165, 1.54) is 12.1 Å². The van der Waals surface area contributed by atoms with Crippen LogP contribution in [0.3, 0.4) is 0 Å². The highest BCUT2D eigenvalue weighted by Gasteiger charge is 2.27. The van der Waals surface area contributed by atoms with Gasteiger partial charge < -0.3 is 15.3 Å². The lowest BCUT2D eigenvalue weighted by Gasteiger charge is -2.27. The molecule has 2 aromatic rings. The minimum Gasteiger partial charge on any atom is -0.387 e. The maximum atomic E-state index is 13.1. The molecule has 1 atom stereocenters. The van der Waals surface area contributed by atoms with Crippen LogP contribution < -0.4 is 5.32 Å². The van der Waals surface area contributed by atoms with Gasteiger partial charge in [-0.2, -0.15) is 5.10 Å². The third kappa shape index (κ3) is 4.11. The minimum atomic E-state index is -0.883. The van der Waals surface area contributed by atoms with Crippen LogP contribution in [0.5, 0.6) is 0 Å². The van der Waals surface area contributed by atoms with Gasteiger partial charge in [-0.05, 0) is 23.6 Å². The van der Waals surface area contributed by atoms with Crippen LogP contribution in [0.15, 0.2) is 24.3 Å². The van der Waals surface area contributed by atoms with Crippen LogP contribution in [0.4, 0.5) is 4.39 Å². The number of aliphatic hydroxyl groups excluding tert-OH is 1. The first kappa shape index (κ1) is 18.5. The molecular formula is C19H25FN4O2. The van der Waals surface area contributed by atoms with E-state index < -0.39 is 6.10 Å². The molecule has 3 N–H and O–H groups in total. The topological polar surface area (TPSA) is 81.2 Å². The van der Waals surface area contributed by atoms with Crippen LogP contribution in [0.1, 0.15) is 47.3 Å². The summed E-state index contributed by atoms with van der Waals surface area (Å²) >= 11 is 0. The Morgan fingerprint density at radius 3 is 2.73 bits per heavy atom. The van der Waals surface area contributed by atoms with Gasteiger partial charge in [0.1, 0.15) is 5.82 Å². The number of aromatic amines is 1. The van der Waals surface area contributed by atoms with Gasteiger partial charge in [0, 0.05) is 37.3 Å². The predicted molar refractivity (Wildman–Crippen MR) is 96.1 cm³/mol. The van der Waals surface area contributed by atoms with Gasteiger partial charge in [-0.15, -0.1) is 0 Å². The normalized spacial score (nSPS) is 15.0. The van der Waals surface area contributed by atoms with E-state index >= 15 is 0 Å². The number of fused-ring (bicyclic) bond motifs is 1. The summed E-state index contributed by atoms with van der Waals surface area (Å²) in [6.45, 7) is 6.16. The highest BCUT2D eigenvalue weighted by Crippen LogP contribution is 2.21. The molecule has 7 heteroatoms. The Kier molecular flexibility index (Phi) is 5.68. The Morgan fingerprint density at radius 1 is 1.31 bits per heavy atom. The molecule has 0 aliphatic carbocycles. The maximum Gasteiger partial charge on any atom is 0.274 e. The number of H-pyrrole nitrogens is 1. The number of nitrogens with zero attached hydrogens (tertiary/aromatic N) is 2. The quantitative estimate of drug-likeness (QED) is 0.736. The molecule has 0 fully saturated rings. The van der Waals surface area contributed by atoms with E-state index in [9.17, 15) is 14.3 Å². The number of hydrogen-bond acceptors (Lipinski definition) is 4. The van der Waals surface area contributed by atoms with Crippen molar-refractivity contribution in [3.63, 3.8) is 0 Å². The van der Waals surface area contributed by atoms with E-state index in [0.29, 0.717) is 24.3 Å². The van der Waals surface area contributed by atoms with Crippen molar-refractivity contribution < 1.29 is 14.3 Å². The second-order valence-electron chi connectivity index (χ2n) is 7.13. The Labute approximate surface area is 152 Å². The first-order valence-electron chi connectivity index (χ1n) is 8.95. The van der Waals surface area contributed by atoms with Gasteiger partial charge in [0.25, 0.3) is 5.91 Å². The van der Waals surface area contributed by atoms with Gasteiger partial charge in [-0.1, -0.05) is 26.0 Å². The lowest BCUT2D eigenvalue weighted by atomic mass is 10.0. The zero-order valence-corrected chi connectivity index (χ0v) is 15.1. The van der Waals surface area contributed by atoms with E-state index in [1.54, 1.807) is 17.0 Å².